The van der Waals surface area contributed by atoms with Crippen LogP contribution in [0.4, 0.5) is 10.1 Å². The zero-order chi connectivity index (χ0) is 21.1. The largest absolute Gasteiger partial charge is 0.378 e. The van der Waals surface area contributed by atoms with Crippen LogP contribution in [0.5, 0.6) is 0 Å². The number of halogens is 1. The maximum Gasteiger partial charge on any atom is 0.214 e. The number of rotatable bonds is 6. The fourth-order valence-electron chi connectivity index (χ4n) is 4.25. The Morgan fingerprint density at radius 1 is 1.07 bits per heavy atom. The number of hydrogen-bond donors (Lipinski definition) is 1. The van der Waals surface area contributed by atoms with E-state index in [-0.39, 0.29) is 11.9 Å². The molecule has 7 heteroatoms. The van der Waals surface area contributed by atoms with E-state index in [2.05, 4.69) is 51.6 Å². The topological polar surface area (TPSA) is 51.3 Å². The lowest BCUT2D eigenvalue weighted by Crippen LogP contribution is -3.13. The summed E-state index contributed by atoms with van der Waals surface area (Å²) in [4.78, 5) is 3.60. The molecule has 0 saturated carbocycles. The average Bonchev–Trinajstić information content (AvgIpc) is 3.19. The molecule has 1 atom stereocenters. The molecule has 0 unspecified atom stereocenters. The Hall–Kier alpha value is -2.80. The molecule has 4 rings (SSSR count). The standard InChI is InChI=1S/C23H29FN6/c1-17-12-14-29(15-13-17)22(19-6-10-21(11-7-19)28(2)3)23-25-26-27-30(23)16-18-4-8-20(24)9-5-18/h4-11,17,22H,12-16H2,1-3H3/p+1/t22-/m1/s1. The highest BCUT2D eigenvalue weighted by Crippen LogP contribution is 2.22. The van der Waals surface area contributed by atoms with Gasteiger partial charge in [-0.25, -0.2) is 9.07 Å². The average molecular weight is 410 g/mol. The molecule has 0 amide bonds. The molecule has 6 nitrogen and oxygen atoms in total. The minimum atomic E-state index is -0.235. The number of anilines is 1. The van der Waals surface area contributed by atoms with Crippen LogP contribution in [0.15, 0.2) is 48.5 Å². The summed E-state index contributed by atoms with van der Waals surface area (Å²) in [7, 11) is 4.10. The molecule has 1 saturated heterocycles. The molecular formula is C23H30FN6+. The molecule has 1 fully saturated rings. The fraction of sp³-hybridized carbons (Fsp3) is 0.435. The predicted molar refractivity (Wildman–Crippen MR) is 115 cm³/mol. The summed E-state index contributed by atoms with van der Waals surface area (Å²) in [6.07, 6.45) is 2.42. The van der Waals surface area contributed by atoms with Crippen LogP contribution in [0, 0.1) is 11.7 Å². The molecule has 0 bridgehead atoms. The van der Waals surface area contributed by atoms with E-state index in [1.165, 1.54) is 41.1 Å². The van der Waals surface area contributed by atoms with Gasteiger partial charge in [0.05, 0.1) is 19.6 Å². The Morgan fingerprint density at radius 2 is 1.73 bits per heavy atom. The van der Waals surface area contributed by atoms with Crippen molar-refractivity contribution in [1.82, 2.24) is 20.2 Å². The Labute approximate surface area is 177 Å². The zero-order valence-corrected chi connectivity index (χ0v) is 17.9. The van der Waals surface area contributed by atoms with E-state index in [4.69, 9.17) is 0 Å². The quantitative estimate of drug-likeness (QED) is 0.679. The summed E-state index contributed by atoms with van der Waals surface area (Å²) in [6, 6.07) is 15.3. The van der Waals surface area contributed by atoms with E-state index in [1.807, 2.05) is 18.8 Å². The van der Waals surface area contributed by atoms with E-state index < -0.39 is 0 Å². The number of nitrogens with one attached hydrogen (secondary N) is 1. The minimum Gasteiger partial charge on any atom is -0.378 e. The van der Waals surface area contributed by atoms with Crippen molar-refractivity contribution >= 4 is 5.69 Å². The van der Waals surface area contributed by atoms with E-state index in [0.717, 1.165) is 30.4 Å². The number of aromatic nitrogens is 4. The van der Waals surface area contributed by atoms with Gasteiger partial charge in [0.15, 0.2) is 6.04 Å². The van der Waals surface area contributed by atoms with Crippen LogP contribution >= 0.6 is 0 Å². The van der Waals surface area contributed by atoms with Crippen molar-refractivity contribution in [2.45, 2.75) is 32.4 Å². The van der Waals surface area contributed by atoms with E-state index >= 15 is 0 Å². The number of hydrogen-bond acceptors (Lipinski definition) is 4. The third kappa shape index (κ3) is 4.51. The summed E-state index contributed by atoms with van der Waals surface area (Å²) in [5, 5.41) is 12.7. The molecule has 1 aliphatic rings. The maximum atomic E-state index is 13.3. The molecule has 1 aliphatic heterocycles. The molecule has 3 aromatic rings. The summed E-state index contributed by atoms with van der Waals surface area (Å²) in [5.41, 5.74) is 3.37. The fourth-order valence-corrected chi connectivity index (χ4v) is 4.25. The van der Waals surface area contributed by atoms with Gasteiger partial charge in [-0.05, 0) is 59.0 Å². The van der Waals surface area contributed by atoms with Crippen molar-refractivity contribution in [1.29, 1.82) is 0 Å². The first-order chi connectivity index (χ1) is 14.5. The highest BCUT2D eigenvalue weighted by molar-refractivity contribution is 5.46. The van der Waals surface area contributed by atoms with E-state index in [0.29, 0.717) is 6.54 Å². The van der Waals surface area contributed by atoms with Gasteiger partial charge < -0.3 is 9.80 Å². The summed E-state index contributed by atoms with van der Waals surface area (Å²) >= 11 is 0. The number of likely N-dealkylation sites (tertiary alicyclic amines) is 1. The Balaban J connectivity index is 1.67. The lowest BCUT2D eigenvalue weighted by Gasteiger charge is -2.33. The number of piperidine rings is 1. The maximum absolute atomic E-state index is 13.3. The first-order valence-corrected chi connectivity index (χ1v) is 10.6. The Bertz CT molecular complexity index is 943. The smallest absolute Gasteiger partial charge is 0.214 e. The van der Waals surface area contributed by atoms with Gasteiger partial charge >= 0.3 is 0 Å². The molecule has 2 aromatic carbocycles. The van der Waals surface area contributed by atoms with Crippen molar-refractivity contribution in [3.05, 3.63) is 71.3 Å². The summed E-state index contributed by atoms with van der Waals surface area (Å²) < 4.78 is 15.2. The van der Waals surface area contributed by atoms with Crippen LogP contribution in [-0.4, -0.2) is 47.4 Å². The van der Waals surface area contributed by atoms with Gasteiger partial charge in [-0.1, -0.05) is 31.2 Å². The number of tetrazole rings is 1. The van der Waals surface area contributed by atoms with Crippen LogP contribution in [0.25, 0.3) is 0 Å². The predicted octanol–water partition coefficient (Wildman–Crippen LogP) is 2.33. The second-order valence-corrected chi connectivity index (χ2v) is 8.58. The van der Waals surface area contributed by atoms with Gasteiger partial charge in [0, 0.05) is 25.3 Å². The van der Waals surface area contributed by atoms with Gasteiger partial charge in [-0.2, -0.15) is 0 Å². The Kier molecular flexibility index (Phi) is 6.08. The normalized spacial score (nSPS) is 20.1. The number of benzene rings is 2. The van der Waals surface area contributed by atoms with Crippen LogP contribution in [0.2, 0.25) is 0 Å². The number of nitrogens with zero attached hydrogens (tertiary/aromatic N) is 5. The third-order valence-electron chi connectivity index (χ3n) is 6.13. The molecule has 1 aromatic heterocycles. The van der Waals surface area contributed by atoms with Crippen LogP contribution in [-0.2, 0) is 6.54 Å². The molecule has 2 heterocycles. The van der Waals surface area contributed by atoms with Crippen molar-refractivity contribution in [3.8, 4) is 0 Å². The van der Waals surface area contributed by atoms with Crippen molar-refractivity contribution < 1.29 is 9.29 Å². The van der Waals surface area contributed by atoms with Crippen LogP contribution in [0.3, 0.4) is 0 Å². The summed E-state index contributed by atoms with van der Waals surface area (Å²) in [6.45, 7) is 5.06. The lowest BCUT2D eigenvalue weighted by atomic mass is 9.95. The molecule has 30 heavy (non-hydrogen) atoms. The lowest BCUT2D eigenvalue weighted by molar-refractivity contribution is -0.932. The van der Waals surface area contributed by atoms with E-state index in [1.54, 1.807) is 12.1 Å². The van der Waals surface area contributed by atoms with Gasteiger partial charge in [0.2, 0.25) is 5.82 Å². The molecule has 1 N–H and O–H groups in total. The van der Waals surface area contributed by atoms with Crippen molar-refractivity contribution in [2.24, 2.45) is 5.92 Å². The van der Waals surface area contributed by atoms with Crippen LogP contribution in [0.1, 0.15) is 42.8 Å². The molecule has 0 spiro atoms. The number of quaternary nitrogens is 1. The zero-order valence-electron chi connectivity index (χ0n) is 17.9. The van der Waals surface area contributed by atoms with Crippen molar-refractivity contribution in [2.75, 3.05) is 32.1 Å². The van der Waals surface area contributed by atoms with E-state index in [9.17, 15) is 4.39 Å². The van der Waals surface area contributed by atoms with Gasteiger partial charge in [-0.3, -0.25) is 0 Å². The molecule has 0 radical (unpaired) electrons. The highest BCUT2D eigenvalue weighted by atomic mass is 19.1. The monoisotopic (exact) mass is 409 g/mol. The minimum absolute atomic E-state index is 0.0733. The van der Waals surface area contributed by atoms with Crippen molar-refractivity contribution in [3.63, 3.8) is 0 Å². The SMILES string of the molecule is CC1CC[NH+]([C@H](c2ccc(N(C)C)cc2)c2nnnn2Cc2ccc(F)cc2)CC1. The third-order valence-corrected chi connectivity index (χ3v) is 6.13. The Morgan fingerprint density at radius 3 is 2.37 bits per heavy atom. The highest BCUT2D eigenvalue weighted by Gasteiger charge is 2.34. The van der Waals surface area contributed by atoms with Gasteiger partial charge in [0.25, 0.3) is 0 Å². The second-order valence-electron chi connectivity index (χ2n) is 8.58. The first kappa shape index (κ1) is 20.5. The second kappa shape index (κ2) is 8.92. The van der Waals surface area contributed by atoms with Gasteiger partial charge in [-0.15, -0.1) is 5.10 Å². The molecule has 158 valence electrons. The molecule has 0 aliphatic carbocycles. The first-order valence-electron chi connectivity index (χ1n) is 10.6. The molecular weight excluding hydrogens is 379 g/mol. The van der Waals surface area contributed by atoms with Gasteiger partial charge in [0.1, 0.15) is 5.82 Å². The van der Waals surface area contributed by atoms with Crippen LogP contribution < -0.4 is 9.80 Å². The summed E-state index contributed by atoms with van der Waals surface area (Å²) in [5.74, 6) is 1.39.